The number of anilines is 1. The quantitative estimate of drug-likeness (QED) is 0.305. The van der Waals surface area contributed by atoms with E-state index in [1.165, 1.54) is 23.8 Å². The van der Waals surface area contributed by atoms with Crippen molar-refractivity contribution in [3.8, 4) is 5.75 Å². The lowest BCUT2D eigenvalue weighted by atomic mass is 10.1. The Kier molecular flexibility index (Phi) is 6.21. The molecule has 168 valence electrons. The summed E-state index contributed by atoms with van der Waals surface area (Å²) >= 11 is 0. The molecular weight excluding hydrogens is 424 g/mol. The van der Waals surface area contributed by atoms with Crippen LogP contribution in [-0.2, 0) is 13.2 Å². The molecule has 9 heteroatoms. The summed E-state index contributed by atoms with van der Waals surface area (Å²) in [5.41, 5.74) is 2.94. The standard InChI is InChI=1S/C24H22N4O5/c1-16-7-9-21(20(13-16)28(30)31)32-15-19-8-10-22(33-19)24(29)25-23-11-12-27(26-23)14-18-6-4-3-5-17(18)2/h3-13H,14-15H2,1-2H3,(H,25,26,29). The van der Waals surface area contributed by atoms with Crippen LogP contribution in [0.5, 0.6) is 5.75 Å². The average Bonchev–Trinajstić information content (AvgIpc) is 3.44. The first-order valence-electron chi connectivity index (χ1n) is 10.2. The van der Waals surface area contributed by atoms with Gasteiger partial charge in [0.1, 0.15) is 12.4 Å². The number of carbonyl (C=O) groups is 1. The van der Waals surface area contributed by atoms with Crippen molar-refractivity contribution < 1.29 is 18.9 Å². The van der Waals surface area contributed by atoms with Crippen molar-refractivity contribution in [2.75, 3.05) is 5.32 Å². The largest absolute Gasteiger partial charge is 0.479 e. The van der Waals surface area contributed by atoms with Crippen molar-refractivity contribution in [3.63, 3.8) is 0 Å². The minimum Gasteiger partial charge on any atom is -0.479 e. The number of hydrogen-bond donors (Lipinski definition) is 1. The lowest BCUT2D eigenvalue weighted by Crippen LogP contribution is -2.12. The maximum atomic E-state index is 12.5. The van der Waals surface area contributed by atoms with Crippen molar-refractivity contribution in [3.05, 3.63) is 105 Å². The predicted octanol–water partition coefficient (Wildman–Crippen LogP) is 4.88. The first-order valence-corrected chi connectivity index (χ1v) is 10.2. The summed E-state index contributed by atoms with van der Waals surface area (Å²) in [5, 5.41) is 18.3. The topological polar surface area (TPSA) is 112 Å². The average molecular weight is 446 g/mol. The molecule has 2 aromatic carbocycles. The van der Waals surface area contributed by atoms with Crippen LogP contribution in [0.25, 0.3) is 0 Å². The van der Waals surface area contributed by atoms with Crippen LogP contribution in [0.1, 0.15) is 33.0 Å². The van der Waals surface area contributed by atoms with Crippen molar-refractivity contribution in [2.45, 2.75) is 27.0 Å². The van der Waals surface area contributed by atoms with Crippen LogP contribution < -0.4 is 10.1 Å². The molecule has 4 rings (SSSR count). The number of nitro groups is 1. The Labute approximate surface area is 189 Å². The summed E-state index contributed by atoms with van der Waals surface area (Å²) in [4.78, 5) is 23.2. The van der Waals surface area contributed by atoms with Gasteiger partial charge < -0.3 is 14.5 Å². The van der Waals surface area contributed by atoms with E-state index in [1.54, 1.807) is 36.0 Å². The van der Waals surface area contributed by atoms with E-state index in [4.69, 9.17) is 9.15 Å². The molecule has 0 aliphatic carbocycles. The Morgan fingerprint density at radius 2 is 1.97 bits per heavy atom. The molecule has 0 aliphatic rings. The maximum absolute atomic E-state index is 12.5. The highest BCUT2D eigenvalue weighted by Crippen LogP contribution is 2.28. The molecule has 0 aliphatic heterocycles. The number of nitro benzene ring substituents is 1. The van der Waals surface area contributed by atoms with Crippen molar-refractivity contribution in [1.82, 2.24) is 9.78 Å². The van der Waals surface area contributed by atoms with Crippen molar-refractivity contribution in [1.29, 1.82) is 0 Å². The van der Waals surface area contributed by atoms with Gasteiger partial charge in [-0.1, -0.05) is 30.3 Å². The minimum absolute atomic E-state index is 0.0533. The van der Waals surface area contributed by atoms with Gasteiger partial charge >= 0.3 is 5.69 Å². The van der Waals surface area contributed by atoms with Gasteiger partial charge in [-0.3, -0.25) is 19.6 Å². The van der Waals surface area contributed by atoms with Gasteiger partial charge in [0, 0.05) is 18.3 Å². The second-order valence-electron chi connectivity index (χ2n) is 7.56. The van der Waals surface area contributed by atoms with Crippen LogP contribution >= 0.6 is 0 Å². The lowest BCUT2D eigenvalue weighted by Gasteiger charge is -2.06. The molecule has 0 radical (unpaired) electrons. The molecule has 9 nitrogen and oxygen atoms in total. The molecule has 1 amide bonds. The number of hydrogen-bond acceptors (Lipinski definition) is 6. The van der Waals surface area contributed by atoms with E-state index in [2.05, 4.69) is 10.4 Å². The number of furan rings is 1. The Balaban J connectivity index is 1.36. The second-order valence-corrected chi connectivity index (χ2v) is 7.56. The number of aryl methyl sites for hydroxylation is 2. The number of benzene rings is 2. The molecule has 0 bridgehead atoms. The third kappa shape index (κ3) is 5.27. The normalized spacial score (nSPS) is 10.7. The van der Waals surface area contributed by atoms with Gasteiger partial charge in [-0.15, -0.1) is 0 Å². The highest BCUT2D eigenvalue weighted by atomic mass is 16.6. The molecule has 0 fully saturated rings. The van der Waals surface area contributed by atoms with Crippen molar-refractivity contribution >= 4 is 17.4 Å². The summed E-state index contributed by atoms with van der Waals surface area (Å²) in [7, 11) is 0. The highest BCUT2D eigenvalue weighted by Gasteiger charge is 2.17. The second kappa shape index (κ2) is 9.39. The van der Waals surface area contributed by atoms with Crippen LogP contribution in [-0.4, -0.2) is 20.6 Å². The zero-order valence-electron chi connectivity index (χ0n) is 18.1. The molecule has 0 spiro atoms. The number of carbonyl (C=O) groups excluding carboxylic acids is 1. The van der Waals surface area contributed by atoms with E-state index in [0.29, 0.717) is 18.1 Å². The zero-order valence-corrected chi connectivity index (χ0v) is 18.1. The van der Waals surface area contributed by atoms with Crippen LogP contribution in [0.3, 0.4) is 0 Å². The third-order valence-electron chi connectivity index (χ3n) is 5.04. The lowest BCUT2D eigenvalue weighted by molar-refractivity contribution is -0.386. The number of ether oxygens (including phenoxy) is 1. The van der Waals surface area contributed by atoms with Crippen LogP contribution in [0, 0.1) is 24.0 Å². The fourth-order valence-electron chi connectivity index (χ4n) is 3.27. The summed E-state index contributed by atoms with van der Waals surface area (Å²) in [5.74, 6) is 0.523. The molecule has 0 atom stereocenters. The van der Waals surface area contributed by atoms with Crippen LogP contribution in [0.2, 0.25) is 0 Å². The fraction of sp³-hybridized carbons (Fsp3) is 0.167. The molecule has 0 saturated heterocycles. The van der Waals surface area contributed by atoms with E-state index in [-0.39, 0.29) is 23.8 Å². The monoisotopic (exact) mass is 446 g/mol. The SMILES string of the molecule is Cc1ccc(OCc2ccc(C(=O)Nc3ccn(Cc4ccccc4C)n3)o2)c([N+](=O)[O-])c1. The molecule has 0 unspecified atom stereocenters. The van der Waals surface area contributed by atoms with Crippen molar-refractivity contribution in [2.24, 2.45) is 0 Å². The van der Waals surface area contributed by atoms with Gasteiger partial charge in [0.25, 0.3) is 5.91 Å². The van der Waals surface area contributed by atoms with Crippen LogP contribution in [0.15, 0.2) is 71.3 Å². The van der Waals surface area contributed by atoms with Gasteiger partial charge in [-0.2, -0.15) is 5.10 Å². The molecule has 1 N–H and O–H groups in total. The van der Waals surface area contributed by atoms with Gasteiger partial charge in [-0.25, -0.2) is 0 Å². The summed E-state index contributed by atoms with van der Waals surface area (Å²) < 4.78 is 12.8. The van der Waals surface area contributed by atoms with Gasteiger partial charge in [0.05, 0.1) is 11.5 Å². The smallest absolute Gasteiger partial charge is 0.311 e. The molecule has 2 aromatic heterocycles. The van der Waals surface area contributed by atoms with E-state index >= 15 is 0 Å². The molecule has 4 aromatic rings. The van der Waals surface area contributed by atoms with Gasteiger partial charge in [0.15, 0.2) is 17.3 Å². The van der Waals surface area contributed by atoms with Crippen LogP contribution in [0.4, 0.5) is 11.5 Å². The molecule has 33 heavy (non-hydrogen) atoms. The number of nitrogens with zero attached hydrogens (tertiary/aromatic N) is 3. The predicted molar refractivity (Wildman–Crippen MR) is 121 cm³/mol. The Hall–Kier alpha value is -4.40. The van der Waals surface area contributed by atoms with E-state index in [9.17, 15) is 14.9 Å². The minimum atomic E-state index is -0.498. The summed E-state index contributed by atoms with van der Waals surface area (Å²) in [6.07, 6.45) is 1.79. The summed E-state index contributed by atoms with van der Waals surface area (Å²) in [6, 6.07) is 17.5. The molecule has 0 saturated carbocycles. The maximum Gasteiger partial charge on any atom is 0.311 e. The highest BCUT2D eigenvalue weighted by molar-refractivity contribution is 6.01. The Bertz CT molecular complexity index is 1310. The van der Waals surface area contributed by atoms with Gasteiger partial charge in [-0.05, 0) is 48.7 Å². The Morgan fingerprint density at radius 1 is 1.15 bits per heavy atom. The van der Waals surface area contributed by atoms with E-state index < -0.39 is 10.8 Å². The zero-order chi connectivity index (χ0) is 23.4. The molecule has 2 heterocycles. The number of rotatable bonds is 8. The Morgan fingerprint density at radius 3 is 2.76 bits per heavy atom. The van der Waals surface area contributed by atoms with E-state index in [1.807, 2.05) is 31.2 Å². The third-order valence-corrected chi connectivity index (χ3v) is 5.04. The number of amides is 1. The first kappa shape index (κ1) is 21.8. The first-order chi connectivity index (χ1) is 15.9. The van der Waals surface area contributed by atoms with Gasteiger partial charge in [0.2, 0.25) is 0 Å². The number of aromatic nitrogens is 2. The summed E-state index contributed by atoms with van der Waals surface area (Å²) in [6.45, 7) is 4.34. The molecular formula is C24H22N4O5. The number of nitrogens with one attached hydrogen (secondary N) is 1. The fourth-order valence-corrected chi connectivity index (χ4v) is 3.27. The van der Waals surface area contributed by atoms with E-state index in [0.717, 1.165) is 11.1 Å².